The van der Waals surface area contributed by atoms with Gasteiger partial charge in [-0.1, -0.05) is 0 Å². The van der Waals surface area contributed by atoms with E-state index in [0.29, 0.717) is 17.0 Å². The summed E-state index contributed by atoms with van der Waals surface area (Å²) in [7, 11) is 0. The summed E-state index contributed by atoms with van der Waals surface area (Å²) in [5.41, 5.74) is 1.50. The zero-order chi connectivity index (χ0) is 20.8. The number of imide groups is 2. The lowest BCUT2D eigenvalue weighted by Crippen LogP contribution is -2.54. The zero-order valence-corrected chi connectivity index (χ0v) is 16.7. The monoisotopic (exact) mass is 398 g/mol. The van der Waals surface area contributed by atoms with Crippen LogP contribution in [0.1, 0.15) is 60.2 Å². The molecule has 1 aromatic rings. The molecule has 0 saturated carbocycles. The molecule has 3 aliphatic rings. The van der Waals surface area contributed by atoms with Gasteiger partial charge in [0.1, 0.15) is 6.04 Å². The maximum Gasteiger partial charge on any atom is 0.262 e. The normalized spacial score (nSPS) is 26.3. The van der Waals surface area contributed by atoms with Crippen molar-refractivity contribution in [2.75, 3.05) is 18.4 Å². The van der Waals surface area contributed by atoms with E-state index in [9.17, 15) is 19.2 Å². The van der Waals surface area contributed by atoms with Gasteiger partial charge >= 0.3 is 0 Å². The van der Waals surface area contributed by atoms with E-state index in [1.54, 1.807) is 18.2 Å². The Balaban J connectivity index is 1.47. The molecule has 8 nitrogen and oxygen atoms in total. The Hall–Kier alpha value is -2.74. The molecule has 0 spiro atoms. The Morgan fingerprint density at radius 3 is 2.59 bits per heavy atom. The Morgan fingerprint density at radius 1 is 1.10 bits per heavy atom. The summed E-state index contributed by atoms with van der Waals surface area (Å²) < 4.78 is 0. The number of rotatable bonds is 4. The van der Waals surface area contributed by atoms with Crippen molar-refractivity contribution < 1.29 is 19.2 Å². The molecule has 8 heteroatoms. The van der Waals surface area contributed by atoms with Gasteiger partial charge in [-0.3, -0.25) is 29.4 Å². The Morgan fingerprint density at radius 2 is 1.86 bits per heavy atom. The molecule has 2 atom stereocenters. The Labute approximate surface area is 169 Å². The summed E-state index contributed by atoms with van der Waals surface area (Å²) in [5, 5.41) is 9.10. The second-order valence-electron chi connectivity index (χ2n) is 8.76. The fourth-order valence-electron chi connectivity index (χ4n) is 4.53. The predicted octanol–water partition coefficient (Wildman–Crippen LogP) is 1.28. The quantitative estimate of drug-likeness (QED) is 0.660. The highest BCUT2D eigenvalue weighted by atomic mass is 16.2. The standard InChI is InChI=1S/C21H26N4O4/c1-21(2)10-12(7-8-23-21)11-22-13-3-4-14-15(9-13)20(29)25(19(14)28)16-5-6-17(26)24-18(16)27/h3-4,9,12,16,22-23H,5-8,10-11H2,1-2H3,(H,24,26,27). The van der Waals surface area contributed by atoms with Crippen LogP contribution in [0.3, 0.4) is 0 Å². The first-order valence-electron chi connectivity index (χ1n) is 10.1. The van der Waals surface area contributed by atoms with Crippen molar-refractivity contribution in [2.24, 2.45) is 5.92 Å². The smallest absolute Gasteiger partial charge is 0.262 e. The molecule has 0 aromatic heterocycles. The summed E-state index contributed by atoms with van der Waals surface area (Å²) in [5.74, 6) is -1.41. The van der Waals surface area contributed by atoms with Gasteiger partial charge in [0.15, 0.2) is 0 Å². The Bertz CT molecular complexity index is 895. The van der Waals surface area contributed by atoms with Crippen molar-refractivity contribution in [1.29, 1.82) is 0 Å². The second kappa shape index (κ2) is 7.26. The molecule has 1 aromatic carbocycles. The molecule has 4 rings (SSSR count). The van der Waals surface area contributed by atoms with Gasteiger partial charge in [-0.15, -0.1) is 0 Å². The van der Waals surface area contributed by atoms with Crippen molar-refractivity contribution >= 4 is 29.3 Å². The molecular formula is C21H26N4O4. The molecule has 4 amide bonds. The number of nitrogens with zero attached hydrogens (tertiary/aromatic N) is 1. The van der Waals surface area contributed by atoms with Crippen LogP contribution in [0, 0.1) is 5.92 Å². The van der Waals surface area contributed by atoms with Gasteiger partial charge in [-0.2, -0.15) is 0 Å². The minimum absolute atomic E-state index is 0.114. The van der Waals surface area contributed by atoms with E-state index in [1.807, 2.05) is 0 Å². The number of hydrogen-bond acceptors (Lipinski definition) is 6. The third-order valence-corrected chi connectivity index (χ3v) is 5.99. The number of carbonyl (C=O) groups excluding carboxylic acids is 4. The molecule has 3 N–H and O–H groups in total. The number of anilines is 1. The molecular weight excluding hydrogens is 372 g/mol. The van der Waals surface area contributed by atoms with Gasteiger partial charge in [0.05, 0.1) is 11.1 Å². The third kappa shape index (κ3) is 3.76. The van der Waals surface area contributed by atoms with Crippen molar-refractivity contribution in [1.82, 2.24) is 15.5 Å². The molecule has 3 aliphatic heterocycles. The van der Waals surface area contributed by atoms with Crippen molar-refractivity contribution in [3.8, 4) is 0 Å². The van der Waals surface area contributed by atoms with Crippen molar-refractivity contribution in [3.05, 3.63) is 29.3 Å². The van der Waals surface area contributed by atoms with Crippen LogP contribution in [-0.4, -0.2) is 53.2 Å². The number of amides is 4. The molecule has 154 valence electrons. The molecule has 2 unspecified atom stereocenters. The van der Waals surface area contributed by atoms with Gasteiger partial charge in [0, 0.05) is 24.2 Å². The van der Waals surface area contributed by atoms with Crippen molar-refractivity contribution in [3.63, 3.8) is 0 Å². The molecule has 29 heavy (non-hydrogen) atoms. The minimum atomic E-state index is -0.937. The lowest BCUT2D eigenvalue weighted by molar-refractivity contribution is -0.136. The van der Waals surface area contributed by atoms with E-state index in [4.69, 9.17) is 0 Å². The minimum Gasteiger partial charge on any atom is -0.385 e. The number of carbonyl (C=O) groups is 4. The van der Waals surface area contributed by atoms with Gasteiger partial charge in [0.25, 0.3) is 11.8 Å². The zero-order valence-electron chi connectivity index (χ0n) is 16.7. The van der Waals surface area contributed by atoms with Gasteiger partial charge < -0.3 is 10.6 Å². The maximum absolute atomic E-state index is 12.9. The number of fused-ring (bicyclic) bond motifs is 1. The van der Waals surface area contributed by atoms with E-state index < -0.39 is 23.8 Å². The van der Waals surface area contributed by atoms with Crippen LogP contribution >= 0.6 is 0 Å². The van der Waals surface area contributed by atoms with Crippen LogP contribution in [0.2, 0.25) is 0 Å². The molecule has 2 fully saturated rings. The first-order valence-corrected chi connectivity index (χ1v) is 10.1. The predicted molar refractivity (Wildman–Crippen MR) is 106 cm³/mol. The fourth-order valence-corrected chi connectivity index (χ4v) is 4.53. The molecule has 2 saturated heterocycles. The van der Waals surface area contributed by atoms with Crippen molar-refractivity contribution in [2.45, 2.75) is 51.1 Å². The molecule has 0 bridgehead atoms. The summed E-state index contributed by atoms with van der Waals surface area (Å²) in [6.07, 6.45) is 2.42. The van der Waals surface area contributed by atoms with Crippen LogP contribution in [0.5, 0.6) is 0 Å². The average molecular weight is 398 g/mol. The highest BCUT2D eigenvalue weighted by Crippen LogP contribution is 2.30. The van der Waals surface area contributed by atoms with E-state index >= 15 is 0 Å². The average Bonchev–Trinajstić information content (AvgIpc) is 2.90. The van der Waals surface area contributed by atoms with E-state index in [0.717, 1.165) is 36.5 Å². The number of benzene rings is 1. The topological polar surface area (TPSA) is 108 Å². The van der Waals surface area contributed by atoms with Crippen LogP contribution in [0.25, 0.3) is 0 Å². The van der Waals surface area contributed by atoms with E-state index in [2.05, 4.69) is 29.8 Å². The first kappa shape index (κ1) is 19.6. The highest BCUT2D eigenvalue weighted by molar-refractivity contribution is 6.23. The first-order chi connectivity index (χ1) is 13.7. The van der Waals surface area contributed by atoms with Crippen LogP contribution in [0.15, 0.2) is 18.2 Å². The lowest BCUT2D eigenvalue weighted by atomic mass is 9.84. The third-order valence-electron chi connectivity index (χ3n) is 5.99. The summed E-state index contributed by atoms with van der Waals surface area (Å²) >= 11 is 0. The SMILES string of the molecule is CC1(C)CC(CNc2ccc3c(c2)C(=O)N(C2CCC(=O)NC2=O)C3=O)CCN1. The summed E-state index contributed by atoms with van der Waals surface area (Å²) in [6, 6.07) is 4.18. The second-order valence-corrected chi connectivity index (χ2v) is 8.76. The van der Waals surface area contributed by atoms with Crippen LogP contribution in [0.4, 0.5) is 5.69 Å². The summed E-state index contributed by atoms with van der Waals surface area (Å²) in [6.45, 7) is 6.17. The number of nitrogens with one attached hydrogen (secondary N) is 3. The van der Waals surface area contributed by atoms with E-state index in [1.165, 1.54) is 0 Å². The molecule has 0 radical (unpaired) electrons. The van der Waals surface area contributed by atoms with Crippen LogP contribution in [-0.2, 0) is 9.59 Å². The maximum atomic E-state index is 12.9. The van der Waals surface area contributed by atoms with Gasteiger partial charge in [-0.25, -0.2) is 0 Å². The number of piperidine rings is 2. The molecule has 0 aliphatic carbocycles. The number of hydrogen-bond donors (Lipinski definition) is 3. The van der Waals surface area contributed by atoms with Gasteiger partial charge in [0.2, 0.25) is 11.8 Å². The van der Waals surface area contributed by atoms with E-state index in [-0.39, 0.29) is 24.3 Å². The van der Waals surface area contributed by atoms with Gasteiger partial charge in [-0.05, 0) is 63.8 Å². The Kier molecular flexibility index (Phi) is 4.90. The van der Waals surface area contributed by atoms with Crippen LogP contribution < -0.4 is 16.0 Å². The fraction of sp³-hybridized carbons (Fsp3) is 0.524. The molecule has 3 heterocycles. The summed E-state index contributed by atoms with van der Waals surface area (Å²) in [4.78, 5) is 50.1. The largest absolute Gasteiger partial charge is 0.385 e. The lowest BCUT2D eigenvalue weighted by Gasteiger charge is -2.36. The highest BCUT2D eigenvalue weighted by Gasteiger charge is 2.44.